The van der Waals surface area contributed by atoms with E-state index in [9.17, 15) is 9.59 Å². The van der Waals surface area contributed by atoms with Crippen LogP contribution >= 0.6 is 35.0 Å². The molecule has 1 fully saturated rings. The summed E-state index contributed by atoms with van der Waals surface area (Å²) in [5, 5.41) is 1.94. The van der Waals surface area contributed by atoms with Gasteiger partial charge in [-0.2, -0.15) is 0 Å². The summed E-state index contributed by atoms with van der Waals surface area (Å²) in [4.78, 5) is 34.2. The summed E-state index contributed by atoms with van der Waals surface area (Å²) >= 11 is 13.5. The molecule has 2 heterocycles. The van der Waals surface area contributed by atoms with Crippen LogP contribution in [0, 0.1) is 0 Å². The zero-order valence-electron chi connectivity index (χ0n) is 14.7. The average Bonchev–Trinajstić information content (AvgIpc) is 3.50. The number of nitrogens with zero attached hydrogens (tertiary/aromatic N) is 4. The number of benzene rings is 1. The predicted molar refractivity (Wildman–Crippen MR) is 108 cm³/mol. The van der Waals surface area contributed by atoms with Crippen LogP contribution < -0.4 is 11.2 Å². The van der Waals surface area contributed by atoms with E-state index >= 15 is 0 Å². The molecule has 0 saturated heterocycles. The molecule has 0 N–H and O–H groups in total. The highest BCUT2D eigenvalue weighted by atomic mass is 35.5. The molecule has 3 aromatic rings. The van der Waals surface area contributed by atoms with Crippen LogP contribution in [0.3, 0.4) is 0 Å². The zero-order valence-corrected chi connectivity index (χ0v) is 17.0. The van der Waals surface area contributed by atoms with E-state index in [1.54, 1.807) is 19.2 Å². The Hall–Kier alpha value is -1.83. The standard InChI is InChI=1S/C18H16Cl2N4O2S/c1-23-15-13(17(25)24(2)18(23)26)16(22-14(21-15)10-4-5-10)27-8-9-3-6-11(19)12(20)7-9/h3,6-7,10H,4-5,8H2,1-2H3. The van der Waals surface area contributed by atoms with Crippen molar-refractivity contribution in [3.63, 3.8) is 0 Å². The maximum absolute atomic E-state index is 12.7. The highest BCUT2D eigenvalue weighted by Gasteiger charge is 2.29. The number of hydrogen-bond donors (Lipinski definition) is 0. The Bertz CT molecular complexity index is 1180. The van der Waals surface area contributed by atoms with Gasteiger partial charge < -0.3 is 0 Å². The van der Waals surface area contributed by atoms with Gasteiger partial charge in [0.05, 0.1) is 10.0 Å². The summed E-state index contributed by atoms with van der Waals surface area (Å²) in [5.74, 6) is 1.57. The van der Waals surface area contributed by atoms with Crippen LogP contribution in [0.25, 0.3) is 11.0 Å². The summed E-state index contributed by atoms with van der Waals surface area (Å²) in [7, 11) is 3.09. The summed E-state index contributed by atoms with van der Waals surface area (Å²) in [6, 6.07) is 5.44. The van der Waals surface area contributed by atoms with Crippen molar-refractivity contribution in [1.82, 2.24) is 19.1 Å². The lowest BCUT2D eigenvalue weighted by Crippen LogP contribution is -2.37. The van der Waals surface area contributed by atoms with Gasteiger partial charge in [0.15, 0.2) is 5.65 Å². The third-order valence-corrected chi connectivity index (χ3v) is 6.37. The fourth-order valence-corrected chi connectivity index (χ4v) is 4.14. The molecule has 1 aliphatic rings. The summed E-state index contributed by atoms with van der Waals surface area (Å²) in [6.45, 7) is 0. The predicted octanol–water partition coefficient (Wildman–Crippen LogP) is 3.50. The Morgan fingerprint density at radius 2 is 1.85 bits per heavy atom. The van der Waals surface area contributed by atoms with E-state index < -0.39 is 5.69 Å². The van der Waals surface area contributed by atoms with E-state index in [0.29, 0.717) is 43.6 Å². The first-order chi connectivity index (χ1) is 12.9. The quantitative estimate of drug-likeness (QED) is 0.475. The lowest BCUT2D eigenvalue weighted by molar-refractivity contribution is 0.698. The molecule has 9 heteroatoms. The van der Waals surface area contributed by atoms with Crippen LogP contribution in [0.15, 0.2) is 32.8 Å². The van der Waals surface area contributed by atoms with Crippen LogP contribution in [0.2, 0.25) is 10.0 Å². The van der Waals surface area contributed by atoms with Crippen molar-refractivity contribution in [3.05, 3.63) is 60.5 Å². The van der Waals surface area contributed by atoms with Gasteiger partial charge in [0.25, 0.3) is 5.56 Å². The Morgan fingerprint density at radius 3 is 2.52 bits per heavy atom. The summed E-state index contributed by atoms with van der Waals surface area (Å²) < 4.78 is 2.50. The van der Waals surface area contributed by atoms with Gasteiger partial charge in [-0.05, 0) is 30.5 Å². The Kier molecular flexibility index (Phi) is 4.78. The molecule has 2 aromatic heterocycles. The molecular formula is C18H16Cl2N4O2S. The number of aromatic nitrogens is 4. The second-order valence-corrected chi connectivity index (χ2v) is 8.38. The van der Waals surface area contributed by atoms with Crippen molar-refractivity contribution in [3.8, 4) is 0 Å². The van der Waals surface area contributed by atoms with Gasteiger partial charge >= 0.3 is 5.69 Å². The molecule has 6 nitrogen and oxygen atoms in total. The minimum Gasteiger partial charge on any atom is -0.280 e. The molecule has 27 heavy (non-hydrogen) atoms. The van der Waals surface area contributed by atoms with E-state index in [1.807, 2.05) is 6.07 Å². The number of halogens is 2. The molecule has 1 aromatic carbocycles. The van der Waals surface area contributed by atoms with Crippen molar-refractivity contribution in [2.24, 2.45) is 14.1 Å². The van der Waals surface area contributed by atoms with Crippen LogP contribution in [0.5, 0.6) is 0 Å². The van der Waals surface area contributed by atoms with Crippen molar-refractivity contribution in [2.75, 3.05) is 0 Å². The monoisotopic (exact) mass is 422 g/mol. The summed E-state index contributed by atoms with van der Waals surface area (Å²) in [5.41, 5.74) is 0.577. The normalized spacial score (nSPS) is 14.1. The smallest absolute Gasteiger partial charge is 0.280 e. The van der Waals surface area contributed by atoms with E-state index in [2.05, 4.69) is 9.97 Å². The molecule has 0 amide bonds. The number of aryl methyl sites for hydroxylation is 1. The lowest BCUT2D eigenvalue weighted by Gasteiger charge is -2.12. The van der Waals surface area contributed by atoms with Crippen LogP contribution in [-0.4, -0.2) is 19.1 Å². The molecule has 0 spiro atoms. The Labute approximate surface area is 169 Å². The van der Waals surface area contributed by atoms with E-state index in [0.717, 1.165) is 23.0 Å². The molecule has 0 bridgehead atoms. The topological polar surface area (TPSA) is 69.8 Å². The fraction of sp³-hybridized carbons (Fsp3) is 0.333. The second-order valence-electron chi connectivity index (χ2n) is 6.60. The molecule has 0 atom stereocenters. The molecular weight excluding hydrogens is 407 g/mol. The minimum atomic E-state index is -0.395. The van der Waals surface area contributed by atoms with Gasteiger partial charge in [-0.3, -0.25) is 13.9 Å². The van der Waals surface area contributed by atoms with Crippen LogP contribution in [0.4, 0.5) is 0 Å². The molecule has 4 rings (SSSR count). The molecule has 1 saturated carbocycles. The van der Waals surface area contributed by atoms with Crippen molar-refractivity contribution >= 4 is 46.0 Å². The first kappa shape index (κ1) is 18.5. The third-order valence-electron chi connectivity index (χ3n) is 4.59. The SMILES string of the molecule is Cn1c(=O)c2c(SCc3ccc(Cl)c(Cl)c3)nc(C3CC3)nc2n(C)c1=O. The molecule has 0 radical (unpaired) electrons. The van der Waals surface area contributed by atoms with Gasteiger partial charge in [0, 0.05) is 25.8 Å². The minimum absolute atomic E-state index is 0.304. The molecule has 140 valence electrons. The van der Waals surface area contributed by atoms with Crippen molar-refractivity contribution in [1.29, 1.82) is 0 Å². The van der Waals surface area contributed by atoms with Crippen molar-refractivity contribution < 1.29 is 0 Å². The highest BCUT2D eigenvalue weighted by Crippen LogP contribution is 2.39. The Morgan fingerprint density at radius 1 is 1.11 bits per heavy atom. The van der Waals surface area contributed by atoms with Crippen LogP contribution in [0.1, 0.15) is 30.1 Å². The number of hydrogen-bond acceptors (Lipinski definition) is 5. The van der Waals surface area contributed by atoms with E-state index in [1.165, 1.54) is 23.4 Å². The molecule has 0 aliphatic heterocycles. The first-order valence-electron chi connectivity index (χ1n) is 8.41. The van der Waals surface area contributed by atoms with Gasteiger partial charge in [-0.15, -0.1) is 11.8 Å². The average molecular weight is 423 g/mol. The van der Waals surface area contributed by atoms with Gasteiger partial charge in [0.1, 0.15) is 16.2 Å². The van der Waals surface area contributed by atoms with Gasteiger partial charge in [-0.25, -0.2) is 14.8 Å². The highest BCUT2D eigenvalue weighted by molar-refractivity contribution is 7.98. The van der Waals surface area contributed by atoms with Gasteiger partial charge in [0.2, 0.25) is 0 Å². The van der Waals surface area contributed by atoms with E-state index in [4.69, 9.17) is 23.2 Å². The maximum atomic E-state index is 12.7. The number of rotatable bonds is 4. The second kappa shape index (κ2) is 6.96. The number of thioether (sulfide) groups is 1. The van der Waals surface area contributed by atoms with Gasteiger partial charge in [-0.1, -0.05) is 29.3 Å². The lowest BCUT2D eigenvalue weighted by atomic mass is 10.2. The van der Waals surface area contributed by atoms with Crippen LogP contribution in [-0.2, 0) is 19.8 Å². The van der Waals surface area contributed by atoms with Crippen molar-refractivity contribution in [2.45, 2.75) is 29.5 Å². The Balaban J connectivity index is 1.84. The molecule has 0 unspecified atom stereocenters. The zero-order chi connectivity index (χ0) is 19.3. The third kappa shape index (κ3) is 3.39. The summed E-state index contributed by atoms with van der Waals surface area (Å²) in [6.07, 6.45) is 2.06. The molecule has 1 aliphatic carbocycles. The fourth-order valence-electron chi connectivity index (χ4n) is 2.85. The number of fused-ring (bicyclic) bond motifs is 1. The first-order valence-corrected chi connectivity index (χ1v) is 10.2. The maximum Gasteiger partial charge on any atom is 0.332 e. The van der Waals surface area contributed by atoms with E-state index in [-0.39, 0.29) is 5.56 Å². The largest absolute Gasteiger partial charge is 0.332 e.